The van der Waals surface area contributed by atoms with Crippen LogP contribution in [-0.2, 0) is 9.59 Å². The lowest BCUT2D eigenvalue weighted by Crippen LogP contribution is -2.46. The number of carbonyl (C=O) groups excluding carboxylic acids is 3. The lowest BCUT2D eigenvalue weighted by Gasteiger charge is -2.30. The average Bonchev–Trinajstić information content (AvgIpc) is 3.37. The lowest BCUT2D eigenvalue weighted by atomic mass is 9.77. The van der Waals surface area contributed by atoms with E-state index in [2.05, 4.69) is 24.5 Å². The summed E-state index contributed by atoms with van der Waals surface area (Å²) in [5.41, 5.74) is 2.07. The number of hydrogen-bond acceptors (Lipinski definition) is 4. The molecule has 0 unspecified atom stereocenters. The molecule has 3 aromatic rings. The molecule has 0 saturated heterocycles. The number of carbonyl (C=O) groups is 3. The Kier molecular flexibility index (Phi) is 8.69. The van der Waals surface area contributed by atoms with Crippen molar-refractivity contribution in [2.24, 2.45) is 0 Å². The average molecular weight is 507 g/mol. The molecule has 37 heavy (non-hydrogen) atoms. The number of hydrogen-bond donors (Lipinski definition) is 2. The molecule has 6 nitrogen and oxygen atoms in total. The fourth-order valence-corrected chi connectivity index (χ4v) is 4.23. The Morgan fingerprint density at radius 1 is 0.919 bits per heavy atom. The highest BCUT2D eigenvalue weighted by molar-refractivity contribution is 6.00. The van der Waals surface area contributed by atoms with Gasteiger partial charge in [0.15, 0.2) is 11.5 Å². The molecule has 7 heteroatoms. The van der Waals surface area contributed by atoms with Crippen LogP contribution in [-0.4, -0.2) is 29.7 Å². The highest BCUT2D eigenvalue weighted by atomic mass is 19.1. The van der Waals surface area contributed by atoms with Gasteiger partial charge in [0.25, 0.3) is 5.91 Å². The van der Waals surface area contributed by atoms with Gasteiger partial charge in [0, 0.05) is 5.54 Å². The lowest BCUT2D eigenvalue weighted by molar-refractivity contribution is -0.129. The fraction of sp³-hybridized carbons (Fsp3) is 0.367. The van der Waals surface area contributed by atoms with Gasteiger partial charge in [-0.05, 0) is 74.1 Å². The first-order chi connectivity index (χ1) is 17.4. The van der Waals surface area contributed by atoms with Crippen LogP contribution in [0.1, 0.15) is 85.2 Å². The number of halogens is 1. The Labute approximate surface area is 217 Å². The van der Waals surface area contributed by atoms with Gasteiger partial charge in [-0.3, -0.25) is 14.4 Å². The van der Waals surface area contributed by atoms with Crippen LogP contribution in [0.25, 0.3) is 0 Å². The second-order valence-corrected chi connectivity index (χ2v) is 10.7. The van der Waals surface area contributed by atoms with Crippen LogP contribution in [0.5, 0.6) is 0 Å². The molecule has 2 amide bonds. The first-order valence-corrected chi connectivity index (χ1v) is 12.4. The smallest absolute Gasteiger partial charge is 0.287 e. The highest BCUT2D eigenvalue weighted by Gasteiger charge is 2.37. The van der Waals surface area contributed by atoms with Gasteiger partial charge in [0.05, 0.1) is 24.6 Å². The molecule has 0 saturated carbocycles. The SMILES string of the molecule is Cc1cc([C@@H](C(=O)CNC(=O)c2ccco2)[C@H](C(=O)NC(C)(C)C)c2ccc(C(C)C)cc2)ccc1F. The topological polar surface area (TPSA) is 88.4 Å². The molecule has 0 bridgehead atoms. The third-order valence-corrected chi connectivity index (χ3v) is 6.13. The molecule has 3 rings (SSSR count). The summed E-state index contributed by atoms with van der Waals surface area (Å²) in [4.78, 5) is 39.9. The Hall–Kier alpha value is -3.74. The standard InChI is InChI=1S/C30H35FN2O4/c1-18(2)20-9-11-21(12-10-20)27(29(36)33-30(4,5)6)26(22-13-14-23(31)19(3)16-22)24(34)17-32-28(35)25-8-7-15-37-25/h7-16,18,26-27H,17H2,1-6H3,(H,32,35)(H,33,36)/t26-,27+/m0/s1. The van der Waals surface area contributed by atoms with Crippen LogP contribution >= 0.6 is 0 Å². The summed E-state index contributed by atoms with van der Waals surface area (Å²) in [6, 6.07) is 15.1. The molecule has 2 N–H and O–H groups in total. The zero-order chi connectivity index (χ0) is 27.3. The molecule has 1 aromatic heterocycles. The summed E-state index contributed by atoms with van der Waals surface area (Å²) >= 11 is 0. The van der Waals surface area contributed by atoms with Crippen molar-refractivity contribution in [2.75, 3.05) is 6.54 Å². The number of rotatable bonds is 9. The summed E-state index contributed by atoms with van der Waals surface area (Å²) in [5.74, 6) is -3.15. The molecule has 0 aliphatic carbocycles. The van der Waals surface area contributed by atoms with E-state index in [4.69, 9.17) is 4.42 Å². The molecule has 2 aromatic carbocycles. The third kappa shape index (κ3) is 7.15. The van der Waals surface area contributed by atoms with Gasteiger partial charge in [-0.15, -0.1) is 0 Å². The number of nitrogens with one attached hydrogen (secondary N) is 2. The third-order valence-electron chi connectivity index (χ3n) is 6.13. The Morgan fingerprint density at radius 3 is 2.08 bits per heavy atom. The molecule has 1 heterocycles. The molecule has 2 atom stereocenters. The molecule has 0 aliphatic heterocycles. The quantitative estimate of drug-likeness (QED) is 0.394. The second kappa shape index (κ2) is 11.5. The largest absolute Gasteiger partial charge is 0.459 e. The van der Waals surface area contributed by atoms with Crippen LogP contribution in [0.15, 0.2) is 65.3 Å². The zero-order valence-electron chi connectivity index (χ0n) is 22.2. The minimum Gasteiger partial charge on any atom is -0.459 e. The molecular weight excluding hydrogens is 471 g/mol. The minimum atomic E-state index is -0.969. The van der Waals surface area contributed by atoms with E-state index in [-0.39, 0.29) is 24.0 Å². The molecular formula is C30H35FN2O4. The van der Waals surface area contributed by atoms with E-state index in [9.17, 15) is 18.8 Å². The van der Waals surface area contributed by atoms with Crippen LogP contribution in [0.3, 0.4) is 0 Å². The zero-order valence-corrected chi connectivity index (χ0v) is 22.2. The molecule has 0 spiro atoms. The van der Waals surface area contributed by atoms with Crippen molar-refractivity contribution in [1.82, 2.24) is 10.6 Å². The van der Waals surface area contributed by atoms with E-state index in [1.54, 1.807) is 19.1 Å². The van der Waals surface area contributed by atoms with Crippen LogP contribution < -0.4 is 10.6 Å². The minimum absolute atomic E-state index is 0.0771. The predicted molar refractivity (Wildman–Crippen MR) is 141 cm³/mol. The maximum atomic E-state index is 14.2. The van der Waals surface area contributed by atoms with Crippen molar-refractivity contribution in [1.29, 1.82) is 0 Å². The van der Waals surface area contributed by atoms with Crippen LogP contribution in [0.4, 0.5) is 4.39 Å². The van der Waals surface area contributed by atoms with Gasteiger partial charge in [-0.25, -0.2) is 4.39 Å². The van der Waals surface area contributed by atoms with E-state index >= 15 is 0 Å². The second-order valence-electron chi connectivity index (χ2n) is 10.7. The van der Waals surface area contributed by atoms with Gasteiger partial charge < -0.3 is 15.1 Å². The summed E-state index contributed by atoms with van der Waals surface area (Å²) in [7, 11) is 0. The first-order valence-electron chi connectivity index (χ1n) is 12.4. The van der Waals surface area contributed by atoms with E-state index < -0.39 is 29.1 Å². The molecule has 0 fully saturated rings. The number of aryl methyl sites for hydroxylation is 1. The van der Waals surface area contributed by atoms with Crippen molar-refractivity contribution in [3.63, 3.8) is 0 Å². The van der Waals surface area contributed by atoms with Crippen molar-refractivity contribution < 1.29 is 23.2 Å². The monoisotopic (exact) mass is 506 g/mol. The van der Waals surface area contributed by atoms with E-state index in [0.29, 0.717) is 22.6 Å². The Balaban J connectivity index is 2.07. The van der Waals surface area contributed by atoms with Crippen molar-refractivity contribution >= 4 is 17.6 Å². The molecule has 196 valence electrons. The number of Topliss-reactive ketones (excluding diaryl/α,β-unsaturated/α-hetero) is 1. The van der Waals surface area contributed by atoms with E-state index in [1.165, 1.54) is 24.5 Å². The van der Waals surface area contributed by atoms with Gasteiger partial charge in [-0.1, -0.05) is 50.2 Å². The number of amides is 2. The van der Waals surface area contributed by atoms with Gasteiger partial charge >= 0.3 is 0 Å². The number of ketones is 1. The maximum absolute atomic E-state index is 14.2. The summed E-state index contributed by atoms with van der Waals surface area (Å²) in [6.07, 6.45) is 1.37. The van der Waals surface area contributed by atoms with Gasteiger partial charge in [-0.2, -0.15) is 0 Å². The Bertz CT molecular complexity index is 1240. The van der Waals surface area contributed by atoms with Crippen molar-refractivity contribution in [2.45, 2.75) is 64.8 Å². The molecule has 0 aliphatic rings. The summed E-state index contributed by atoms with van der Waals surface area (Å²) in [6.45, 7) is 11.0. The summed E-state index contributed by atoms with van der Waals surface area (Å²) in [5, 5.41) is 5.60. The van der Waals surface area contributed by atoms with E-state index in [1.807, 2.05) is 45.0 Å². The first kappa shape index (κ1) is 27.8. The predicted octanol–water partition coefficient (Wildman–Crippen LogP) is 5.63. The maximum Gasteiger partial charge on any atom is 0.287 e. The normalized spacial score (nSPS) is 13.2. The highest BCUT2D eigenvalue weighted by Crippen LogP contribution is 2.36. The van der Waals surface area contributed by atoms with E-state index in [0.717, 1.165) is 5.56 Å². The fourth-order valence-electron chi connectivity index (χ4n) is 4.23. The van der Waals surface area contributed by atoms with Crippen molar-refractivity contribution in [3.8, 4) is 0 Å². The summed E-state index contributed by atoms with van der Waals surface area (Å²) < 4.78 is 19.3. The Morgan fingerprint density at radius 2 is 1.54 bits per heavy atom. The van der Waals surface area contributed by atoms with Gasteiger partial charge in [0.2, 0.25) is 5.91 Å². The van der Waals surface area contributed by atoms with Crippen LogP contribution in [0.2, 0.25) is 0 Å². The number of benzene rings is 2. The van der Waals surface area contributed by atoms with Crippen LogP contribution in [0, 0.1) is 12.7 Å². The number of furan rings is 1. The van der Waals surface area contributed by atoms with Gasteiger partial charge in [0.1, 0.15) is 5.82 Å². The molecule has 0 radical (unpaired) electrons. The van der Waals surface area contributed by atoms with Crippen molar-refractivity contribution in [3.05, 3.63) is 94.7 Å².